The minimum Gasteiger partial charge on any atom is -0.378 e. The highest BCUT2D eigenvalue weighted by atomic mass is 16.6. The molecule has 1 amide bonds. The Morgan fingerprint density at radius 2 is 2.00 bits per heavy atom. The van der Waals surface area contributed by atoms with Gasteiger partial charge in [0.05, 0.1) is 11.4 Å². The van der Waals surface area contributed by atoms with Crippen LogP contribution >= 0.6 is 0 Å². The van der Waals surface area contributed by atoms with Gasteiger partial charge in [0.2, 0.25) is 11.6 Å². The summed E-state index contributed by atoms with van der Waals surface area (Å²) in [5.41, 5.74) is 10.6. The first-order chi connectivity index (χ1) is 14.6. The maximum atomic E-state index is 12.8. The predicted octanol–water partition coefficient (Wildman–Crippen LogP) is 2.49. The number of fused-ring (bicyclic) bond motifs is 1. The summed E-state index contributed by atoms with van der Waals surface area (Å²) in [5, 5.41) is 21.7. The summed E-state index contributed by atoms with van der Waals surface area (Å²) in [7, 11) is 0. The van der Waals surface area contributed by atoms with E-state index in [9.17, 15) is 4.79 Å². The molecule has 4 rings (SSSR count). The van der Waals surface area contributed by atoms with Crippen molar-refractivity contribution < 1.29 is 9.42 Å². The molecule has 0 aliphatic carbocycles. The van der Waals surface area contributed by atoms with Gasteiger partial charge < -0.3 is 5.73 Å². The average molecular weight is 404 g/mol. The van der Waals surface area contributed by atoms with E-state index in [-0.39, 0.29) is 17.3 Å². The van der Waals surface area contributed by atoms with E-state index in [0.29, 0.717) is 17.8 Å². The van der Waals surface area contributed by atoms with Crippen molar-refractivity contribution in [2.45, 2.75) is 26.7 Å². The summed E-state index contributed by atoms with van der Waals surface area (Å²) in [4.78, 5) is 12.8. The molecule has 2 heterocycles. The topological polar surface area (TPSA) is 137 Å². The fraction of sp³-hybridized carbons (Fsp3) is 0.200. The second-order valence-corrected chi connectivity index (χ2v) is 6.68. The Morgan fingerprint density at radius 1 is 1.20 bits per heavy atom. The molecule has 0 saturated heterocycles. The number of benzene rings is 2. The molecule has 0 aliphatic rings. The molecule has 10 nitrogen and oxygen atoms in total. The van der Waals surface area contributed by atoms with Crippen molar-refractivity contribution in [1.29, 1.82) is 0 Å². The van der Waals surface area contributed by atoms with Gasteiger partial charge in [-0.05, 0) is 34.4 Å². The minimum atomic E-state index is -0.473. The minimum absolute atomic E-state index is 0.0639. The number of nitrogens with two attached hydrogens (primary N) is 1. The van der Waals surface area contributed by atoms with Gasteiger partial charge in [-0.1, -0.05) is 61.0 Å². The summed E-state index contributed by atoms with van der Waals surface area (Å²) >= 11 is 0. The first-order valence-corrected chi connectivity index (χ1v) is 9.46. The summed E-state index contributed by atoms with van der Waals surface area (Å²) < 4.78 is 6.00. The molecule has 0 saturated carbocycles. The maximum absolute atomic E-state index is 12.8. The number of anilines is 1. The molecule has 4 aromatic rings. The largest absolute Gasteiger partial charge is 0.378 e. The van der Waals surface area contributed by atoms with E-state index in [0.717, 1.165) is 22.8 Å². The normalized spacial score (nSPS) is 11.7. The van der Waals surface area contributed by atoms with Crippen molar-refractivity contribution in [3.05, 3.63) is 59.4 Å². The van der Waals surface area contributed by atoms with Crippen LogP contribution in [0.3, 0.4) is 0 Å². The van der Waals surface area contributed by atoms with Crippen molar-refractivity contribution >= 4 is 28.2 Å². The van der Waals surface area contributed by atoms with Crippen molar-refractivity contribution in [1.82, 2.24) is 30.7 Å². The van der Waals surface area contributed by atoms with Gasteiger partial charge in [0, 0.05) is 5.56 Å². The first-order valence-electron chi connectivity index (χ1n) is 9.46. The number of nitrogen functional groups attached to an aromatic ring is 1. The van der Waals surface area contributed by atoms with Crippen LogP contribution in [0, 0.1) is 0 Å². The van der Waals surface area contributed by atoms with Gasteiger partial charge >= 0.3 is 0 Å². The molecular formula is C20H20N8O2. The predicted molar refractivity (Wildman–Crippen MR) is 111 cm³/mol. The number of carbonyl (C=O) groups is 1. The van der Waals surface area contributed by atoms with E-state index >= 15 is 0 Å². The summed E-state index contributed by atoms with van der Waals surface area (Å²) in [6.07, 6.45) is 1.30. The Hall–Kier alpha value is -4.08. The van der Waals surface area contributed by atoms with Crippen molar-refractivity contribution in [2.24, 2.45) is 5.10 Å². The number of hydrogen-bond donors (Lipinski definition) is 2. The zero-order valence-electron chi connectivity index (χ0n) is 16.5. The molecule has 0 aliphatic heterocycles. The van der Waals surface area contributed by atoms with E-state index < -0.39 is 5.91 Å². The zero-order chi connectivity index (χ0) is 21.1. The molecule has 0 spiro atoms. The fourth-order valence-electron chi connectivity index (χ4n) is 3.24. The number of aromatic nitrogens is 5. The quantitative estimate of drug-likeness (QED) is 0.372. The van der Waals surface area contributed by atoms with E-state index in [4.69, 9.17) is 5.73 Å². The molecule has 0 unspecified atom stereocenters. The molecule has 0 radical (unpaired) electrons. The smallest absolute Gasteiger partial charge is 0.293 e. The lowest BCUT2D eigenvalue weighted by Crippen LogP contribution is -2.21. The SMILES string of the molecule is CCCc1c(C(=O)NN=C(C)c2cccc3ccccc23)nnn1-c1nonc1N. The van der Waals surface area contributed by atoms with Crippen LogP contribution in [0.4, 0.5) is 5.82 Å². The highest BCUT2D eigenvalue weighted by Gasteiger charge is 2.23. The van der Waals surface area contributed by atoms with Crippen LogP contribution in [0.5, 0.6) is 0 Å². The molecule has 152 valence electrons. The molecule has 30 heavy (non-hydrogen) atoms. The van der Waals surface area contributed by atoms with Crippen LogP contribution in [0.1, 0.15) is 42.0 Å². The monoisotopic (exact) mass is 404 g/mol. The highest BCUT2D eigenvalue weighted by Crippen LogP contribution is 2.20. The molecule has 0 bridgehead atoms. The second-order valence-electron chi connectivity index (χ2n) is 6.68. The van der Waals surface area contributed by atoms with Crippen LogP contribution < -0.4 is 11.2 Å². The lowest BCUT2D eigenvalue weighted by molar-refractivity contribution is 0.0948. The molecule has 0 fully saturated rings. The Bertz CT molecular complexity index is 1240. The van der Waals surface area contributed by atoms with Crippen molar-refractivity contribution in [2.75, 3.05) is 5.73 Å². The number of hydrogen-bond acceptors (Lipinski definition) is 8. The van der Waals surface area contributed by atoms with Gasteiger partial charge in [-0.15, -0.1) is 5.10 Å². The van der Waals surface area contributed by atoms with E-state index in [2.05, 4.69) is 35.8 Å². The van der Waals surface area contributed by atoms with Gasteiger partial charge in [-0.2, -0.15) is 9.78 Å². The molecule has 2 aromatic carbocycles. The van der Waals surface area contributed by atoms with Crippen molar-refractivity contribution in [3.63, 3.8) is 0 Å². The van der Waals surface area contributed by atoms with Crippen LogP contribution in [-0.4, -0.2) is 36.9 Å². The van der Waals surface area contributed by atoms with Gasteiger partial charge in [0.25, 0.3) is 5.91 Å². The van der Waals surface area contributed by atoms with Crippen molar-refractivity contribution in [3.8, 4) is 5.82 Å². The summed E-state index contributed by atoms with van der Waals surface area (Å²) in [6, 6.07) is 14.0. The number of nitrogens with zero attached hydrogens (tertiary/aromatic N) is 6. The van der Waals surface area contributed by atoms with E-state index in [1.54, 1.807) is 0 Å². The molecule has 2 aromatic heterocycles. The van der Waals surface area contributed by atoms with Gasteiger partial charge in [0.1, 0.15) is 0 Å². The van der Waals surface area contributed by atoms with Crippen LogP contribution in [0.2, 0.25) is 0 Å². The van der Waals surface area contributed by atoms with Gasteiger partial charge in [0.15, 0.2) is 5.69 Å². The first kappa shape index (κ1) is 19.2. The van der Waals surface area contributed by atoms with Gasteiger partial charge in [-0.3, -0.25) is 4.79 Å². The Labute approximate surface area is 171 Å². The number of hydrazone groups is 1. The number of carbonyl (C=O) groups excluding carboxylic acids is 1. The lowest BCUT2D eigenvalue weighted by atomic mass is 10.0. The third-order valence-electron chi connectivity index (χ3n) is 4.67. The molecule has 0 atom stereocenters. The third kappa shape index (κ3) is 3.50. The van der Waals surface area contributed by atoms with Crippen LogP contribution in [0.15, 0.2) is 52.2 Å². The van der Waals surface area contributed by atoms with Crippen LogP contribution in [-0.2, 0) is 6.42 Å². The average Bonchev–Trinajstić information content (AvgIpc) is 3.37. The van der Waals surface area contributed by atoms with Gasteiger partial charge in [-0.25, -0.2) is 10.1 Å². The maximum Gasteiger partial charge on any atom is 0.293 e. The fourth-order valence-corrected chi connectivity index (χ4v) is 3.24. The molecule has 10 heteroatoms. The Morgan fingerprint density at radius 3 is 2.77 bits per heavy atom. The summed E-state index contributed by atoms with van der Waals surface area (Å²) in [6.45, 7) is 3.82. The summed E-state index contributed by atoms with van der Waals surface area (Å²) in [5.74, 6) is -0.214. The number of amides is 1. The third-order valence-corrected chi connectivity index (χ3v) is 4.67. The standard InChI is InChI=1S/C20H20N8O2/c1-3-7-16-17(23-27-28(16)19-18(21)25-30-26-19)20(29)24-22-12(2)14-11-6-9-13-8-4-5-10-15(13)14/h4-6,8-11H,3,7H2,1-2H3,(H2,21,25)(H,24,29). The number of rotatable bonds is 6. The molecule has 3 N–H and O–H groups in total. The highest BCUT2D eigenvalue weighted by molar-refractivity contribution is 6.10. The second kappa shape index (κ2) is 8.11. The number of nitrogens with one attached hydrogen (secondary N) is 1. The van der Waals surface area contributed by atoms with E-state index in [1.165, 1.54) is 4.68 Å². The lowest BCUT2D eigenvalue weighted by Gasteiger charge is -2.07. The van der Waals surface area contributed by atoms with E-state index in [1.807, 2.05) is 56.3 Å². The van der Waals surface area contributed by atoms with Crippen LogP contribution in [0.25, 0.3) is 16.6 Å². The molecular weight excluding hydrogens is 384 g/mol. The Kier molecular flexibility index (Phi) is 5.21. The Balaban J connectivity index is 1.62. The zero-order valence-corrected chi connectivity index (χ0v) is 16.5.